The summed E-state index contributed by atoms with van der Waals surface area (Å²) >= 11 is 0. The standard InChI is InChI=1S/C15H19F3N4O/c16-15(17,18)11-3-4-20-13(9-11)22-8-5-19-12(10-22)14(23)21-6-1-2-7-21/h3-4,9,12,19H,1-2,5-8,10H2. The molecule has 0 aliphatic carbocycles. The van der Waals surface area contributed by atoms with E-state index in [1.165, 1.54) is 0 Å². The molecule has 2 aliphatic heterocycles. The van der Waals surface area contributed by atoms with Gasteiger partial charge in [-0.15, -0.1) is 0 Å². The van der Waals surface area contributed by atoms with Gasteiger partial charge in [0, 0.05) is 38.9 Å². The van der Waals surface area contributed by atoms with Gasteiger partial charge < -0.3 is 15.1 Å². The number of nitrogens with zero attached hydrogens (tertiary/aromatic N) is 3. The molecule has 2 saturated heterocycles. The zero-order valence-corrected chi connectivity index (χ0v) is 12.6. The first-order valence-electron chi connectivity index (χ1n) is 7.75. The fourth-order valence-electron chi connectivity index (χ4n) is 3.05. The molecule has 0 saturated carbocycles. The van der Waals surface area contributed by atoms with Crippen molar-refractivity contribution in [1.82, 2.24) is 15.2 Å². The Labute approximate surface area is 132 Å². The SMILES string of the molecule is O=C(C1CN(c2cc(C(F)(F)F)ccn2)CCN1)N1CCCC1. The van der Waals surface area contributed by atoms with Gasteiger partial charge >= 0.3 is 6.18 Å². The fourth-order valence-corrected chi connectivity index (χ4v) is 3.05. The molecule has 126 valence electrons. The van der Waals surface area contributed by atoms with E-state index in [1.807, 2.05) is 4.90 Å². The summed E-state index contributed by atoms with van der Waals surface area (Å²) in [5.41, 5.74) is -0.719. The van der Waals surface area contributed by atoms with Gasteiger partial charge in [-0.25, -0.2) is 4.98 Å². The highest BCUT2D eigenvalue weighted by molar-refractivity contribution is 5.83. The second-order valence-corrected chi connectivity index (χ2v) is 5.89. The van der Waals surface area contributed by atoms with Crippen LogP contribution in [0.25, 0.3) is 0 Å². The molecule has 2 fully saturated rings. The number of hydrogen-bond acceptors (Lipinski definition) is 4. The Morgan fingerprint density at radius 1 is 1.26 bits per heavy atom. The summed E-state index contributed by atoms with van der Waals surface area (Å²) in [5, 5.41) is 3.16. The molecule has 3 heterocycles. The van der Waals surface area contributed by atoms with E-state index in [0.717, 1.165) is 44.3 Å². The van der Waals surface area contributed by atoms with Gasteiger partial charge in [-0.3, -0.25) is 4.79 Å². The number of amides is 1. The zero-order valence-electron chi connectivity index (χ0n) is 12.6. The Morgan fingerprint density at radius 2 is 2.00 bits per heavy atom. The molecular formula is C15H19F3N4O. The summed E-state index contributed by atoms with van der Waals surface area (Å²) in [4.78, 5) is 20.0. The van der Waals surface area contributed by atoms with E-state index in [9.17, 15) is 18.0 Å². The number of nitrogens with one attached hydrogen (secondary N) is 1. The summed E-state index contributed by atoms with van der Waals surface area (Å²) in [6, 6.07) is 1.61. The van der Waals surface area contributed by atoms with E-state index < -0.39 is 17.8 Å². The number of aromatic nitrogens is 1. The van der Waals surface area contributed by atoms with E-state index in [0.29, 0.717) is 19.6 Å². The summed E-state index contributed by atoms with van der Waals surface area (Å²) < 4.78 is 38.5. The van der Waals surface area contributed by atoms with E-state index in [-0.39, 0.29) is 11.7 Å². The van der Waals surface area contributed by atoms with Crippen LogP contribution in [0.15, 0.2) is 18.3 Å². The van der Waals surface area contributed by atoms with Crippen molar-refractivity contribution >= 4 is 11.7 Å². The van der Waals surface area contributed by atoms with Crippen molar-refractivity contribution < 1.29 is 18.0 Å². The van der Waals surface area contributed by atoms with Crippen LogP contribution in [0.2, 0.25) is 0 Å². The summed E-state index contributed by atoms with van der Waals surface area (Å²) in [6.07, 6.45) is -1.21. The first-order valence-corrected chi connectivity index (χ1v) is 7.75. The Bertz CT molecular complexity index is 572. The fraction of sp³-hybridized carbons (Fsp3) is 0.600. The molecule has 1 N–H and O–H groups in total. The number of hydrogen-bond donors (Lipinski definition) is 1. The van der Waals surface area contributed by atoms with Gasteiger partial charge in [-0.05, 0) is 25.0 Å². The first kappa shape index (κ1) is 16.0. The summed E-state index contributed by atoms with van der Waals surface area (Å²) in [6.45, 7) is 2.93. The molecule has 2 aliphatic rings. The second-order valence-electron chi connectivity index (χ2n) is 5.89. The Hall–Kier alpha value is -1.83. The molecule has 0 spiro atoms. The number of likely N-dealkylation sites (tertiary alicyclic amines) is 1. The monoisotopic (exact) mass is 328 g/mol. The average molecular weight is 328 g/mol. The molecular weight excluding hydrogens is 309 g/mol. The van der Waals surface area contributed by atoms with Gasteiger partial charge in [0.15, 0.2) is 0 Å². The second kappa shape index (κ2) is 6.35. The van der Waals surface area contributed by atoms with E-state index in [1.54, 1.807) is 4.90 Å². The van der Waals surface area contributed by atoms with Gasteiger partial charge in [0.2, 0.25) is 5.91 Å². The van der Waals surface area contributed by atoms with Gasteiger partial charge in [-0.1, -0.05) is 0 Å². The lowest BCUT2D eigenvalue weighted by Gasteiger charge is -2.35. The van der Waals surface area contributed by atoms with Crippen LogP contribution in [0.5, 0.6) is 0 Å². The lowest BCUT2D eigenvalue weighted by Crippen LogP contribution is -2.57. The molecule has 1 aromatic rings. The predicted octanol–water partition coefficient (Wildman–Crippen LogP) is 1.50. The van der Waals surface area contributed by atoms with Crippen LogP contribution < -0.4 is 10.2 Å². The molecule has 8 heteroatoms. The first-order chi connectivity index (χ1) is 10.9. The van der Waals surface area contributed by atoms with Gasteiger partial charge in [0.1, 0.15) is 11.9 Å². The highest BCUT2D eigenvalue weighted by Crippen LogP contribution is 2.30. The third kappa shape index (κ3) is 3.57. The maximum Gasteiger partial charge on any atom is 0.416 e. The molecule has 5 nitrogen and oxygen atoms in total. The maximum atomic E-state index is 12.8. The van der Waals surface area contributed by atoms with Crippen LogP contribution in [0.1, 0.15) is 18.4 Å². The Balaban J connectivity index is 1.72. The lowest BCUT2D eigenvalue weighted by molar-refractivity contribution is -0.137. The minimum absolute atomic E-state index is 0.0270. The largest absolute Gasteiger partial charge is 0.416 e. The topological polar surface area (TPSA) is 48.5 Å². The van der Waals surface area contributed by atoms with Crippen molar-refractivity contribution in [2.45, 2.75) is 25.1 Å². The maximum absolute atomic E-state index is 12.8. The highest BCUT2D eigenvalue weighted by Gasteiger charge is 2.33. The minimum Gasteiger partial charge on any atom is -0.353 e. The number of rotatable bonds is 2. The third-order valence-corrected chi connectivity index (χ3v) is 4.29. The smallest absolute Gasteiger partial charge is 0.353 e. The molecule has 0 bridgehead atoms. The Morgan fingerprint density at radius 3 is 2.70 bits per heavy atom. The van der Waals surface area contributed by atoms with Crippen molar-refractivity contribution in [3.63, 3.8) is 0 Å². The number of carbonyl (C=O) groups excluding carboxylic acids is 1. The lowest BCUT2D eigenvalue weighted by atomic mass is 10.1. The van der Waals surface area contributed by atoms with Crippen molar-refractivity contribution in [2.75, 3.05) is 37.6 Å². The molecule has 1 amide bonds. The predicted molar refractivity (Wildman–Crippen MR) is 79.1 cm³/mol. The molecule has 1 aromatic heterocycles. The summed E-state index contributed by atoms with van der Waals surface area (Å²) in [5.74, 6) is 0.291. The molecule has 0 aromatic carbocycles. The molecule has 3 rings (SSSR count). The van der Waals surface area contributed by atoms with Crippen LogP contribution in [0.4, 0.5) is 19.0 Å². The highest BCUT2D eigenvalue weighted by atomic mass is 19.4. The number of halogens is 3. The number of alkyl halides is 3. The molecule has 1 unspecified atom stereocenters. The molecule has 23 heavy (non-hydrogen) atoms. The van der Waals surface area contributed by atoms with Crippen LogP contribution in [0.3, 0.4) is 0 Å². The number of pyridine rings is 1. The quantitative estimate of drug-likeness (QED) is 0.894. The van der Waals surface area contributed by atoms with Crippen molar-refractivity contribution in [2.24, 2.45) is 0 Å². The van der Waals surface area contributed by atoms with Gasteiger partial charge in [-0.2, -0.15) is 13.2 Å². The van der Waals surface area contributed by atoms with Crippen LogP contribution in [-0.4, -0.2) is 54.6 Å². The van der Waals surface area contributed by atoms with Gasteiger partial charge in [0.25, 0.3) is 0 Å². The number of anilines is 1. The zero-order chi connectivity index (χ0) is 16.4. The van der Waals surface area contributed by atoms with E-state index in [2.05, 4.69) is 10.3 Å². The van der Waals surface area contributed by atoms with Crippen LogP contribution in [-0.2, 0) is 11.0 Å². The van der Waals surface area contributed by atoms with Crippen molar-refractivity contribution in [3.05, 3.63) is 23.9 Å². The van der Waals surface area contributed by atoms with E-state index in [4.69, 9.17) is 0 Å². The van der Waals surface area contributed by atoms with Crippen LogP contribution in [0, 0.1) is 0 Å². The van der Waals surface area contributed by atoms with Crippen molar-refractivity contribution in [1.29, 1.82) is 0 Å². The molecule has 1 atom stereocenters. The Kier molecular flexibility index (Phi) is 4.43. The van der Waals surface area contributed by atoms with E-state index >= 15 is 0 Å². The van der Waals surface area contributed by atoms with Gasteiger partial charge in [0.05, 0.1) is 5.56 Å². The summed E-state index contributed by atoms with van der Waals surface area (Å²) in [7, 11) is 0. The minimum atomic E-state index is -4.39. The van der Waals surface area contributed by atoms with Crippen LogP contribution >= 0.6 is 0 Å². The van der Waals surface area contributed by atoms with Crippen molar-refractivity contribution in [3.8, 4) is 0 Å². The number of carbonyl (C=O) groups is 1. The number of piperazine rings is 1. The average Bonchev–Trinajstić information content (AvgIpc) is 3.08. The molecule has 0 radical (unpaired) electrons. The normalized spacial score (nSPS) is 22.5. The third-order valence-electron chi connectivity index (χ3n) is 4.29.